The average Bonchev–Trinajstić information content (AvgIpc) is 3.67. The van der Waals surface area contributed by atoms with Gasteiger partial charge in [0.05, 0.1) is 46.8 Å². The Bertz CT molecular complexity index is 1660. The van der Waals surface area contributed by atoms with Gasteiger partial charge in [-0.05, 0) is 36.6 Å². The molecular formula is C26H20ClF2N9. The van der Waals surface area contributed by atoms with Crippen molar-refractivity contribution in [1.82, 2.24) is 30.9 Å². The fourth-order valence-electron chi connectivity index (χ4n) is 4.14. The van der Waals surface area contributed by atoms with Gasteiger partial charge in [0.1, 0.15) is 6.07 Å². The monoisotopic (exact) mass is 532 g/mol. The molecule has 38 heavy (non-hydrogen) atoms. The molecule has 0 radical (unpaired) electrons. The van der Waals surface area contributed by atoms with Crippen molar-refractivity contribution in [3.63, 3.8) is 0 Å². The van der Waals surface area contributed by atoms with E-state index in [-0.39, 0.29) is 22.0 Å². The molecule has 1 aliphatic heterocycles. The summed E-state index contributed by atoms with van der Waals surface area (Å²) in [7, 11) is 0. The van der Waals surface area contributed by atoms with Crippen molar-refractivity contribution in [2.24, 2.45) is 0 Å². The Labute approximate surface area is 222 Å². The van der Waals surface area contributed by atoms with Gasteiger partial charge in [0, 0.05) is 48.0 Å². The summed E-state index contributed by atoms with van der Waals surface area (Å²) in [5, 5.41) is 18.6. The lowest BCUT2D eigenvalue weighted by Gasteiger charge is -2.22. The number of hydrazine groups is 2. The lowest BCUT2D eigenvalue weighted by atomic mass is 10.0. The number of halogens is 3. The lowest BCUT2D eigenvalue weighted by molar-refractivity contribution is 0.260. The second-order valence-electron chi connectivity index (χ2n) is 8.79. The molecule has 4 heterocycles. The van der Waals surface area contributed by atoms with Crippen LogP contribution in [-0.4, -0.2) is 26.0 Å². The van der Waals surface area contributed by atoms with Gasteiger partial charge in [0.15, 0.2) is 5.82 Å². The topological polar surface area (TPSA) is 114 Å². The van der Waals surface area contributed by atoms with Crippen molar-refractivity contribution in [3.8, 4) is 6.07 Å². The third-order valence-corrected chi connectivity index (χ3v) is 6.42. The lowest BCUT2D eigenvalue weighted by Crippen LogP contribution is -2.38. The first kappa shape index (κ1) is 22.7. The normalized spacial score (nSPS) is 16.7. The van der Waals surface area contributed by atoms with Crippen LogP contribution in [0.4, 0.5) is 25.8 Å². The van der Waals surface area contributed by atoms with E-state index >= 15 is 0 Å². The fourth-order valence-corrected chi connectivity index (χ4v) is 4.41. The quantitative estimate of drug-likeness (QED) is 0.243. The number of benzene rings is 1. The van der Waals surface area contributed by atoms with Crippen LogP contribution < -0.4 is 21.6 Å². The molecule has 1 aromatic carbocycles. The summed E-state index contributed by atoms with van der Waals surface area (Å²) in [6.07, 6.45) is 9.65. The highest BCUT2D eigenvalue weighted by Gasteiger charge is 2.32. The molecule has 1 saturated carbocycles. The molecule has 12 heteroatoms. The average molecular weight is 533 g/mol. The van der Waals surface area contributed by atoms with Gasteiger partial charge in [-0.25, -0.2) is 9.37 Å². The van der Waals surface area contributed by atoms with Crippen LogP contribution in [0.2, 0.25) is 5.02 Å². The van der Waals surface area contributed by atoms with E-state index in [9.17, 15) is 15.4 Å². The third kappa shape index (κ3) is 4.63. The van der Waals surface area contributed by atoms with Crippen LogP contribution in [0.25, 0.3) is 10.9 Å². The Balaban J connectivity index is 1.45. The molecule has 1 aliphatic carbocycles. The van der Waals surface area contributed by atoms with Crippen molar-refractivity contribution in [1.29, 1.82) is 5.26 Å². The summed E-state index contributed by atoms with van der Waals surface area (Å²) in [5.74, 6) is -2.37. The van der Waals surface area contributed by atoms with Gasteiger partial charge in [-0.2, -0.15) is 9.65 Å². The molecule has 6 rings (SSSR count). The van der Waals surface area contributed by atoms with E-state index in [1.54, 1.807) is 36.7 Å². The molecule has 0 amide bonds. The maximum absolute atomic E-state index is 13.9. The first-order chi connectivity index (χ1) is 18.9. The van der Waals surface area contributed by atoms with Crippen LogP contribution in [0.15, 0.2) is 67.0 Å². The molecule has 9 nitrogen and oxygen atoms in total. The van der Waals surface area contributed by atoms with Gasteiger partial charge in [0.25, 0.3) is 0 Å². The number of hydrogen-bond donors (Lipinski definition) is 4. The van der Waals surface area contributed by atoms with Gasteiger partial charge in [-0.1, -0.05) is 17.7 Å². The number of nitrogens with zero attached hydrogens (tertiary/aromatic N) is 5. The van der Waals surface area contributed by atoms with Crippen LogP contribution in [0, 0.1) is 23.1 Å². The summed E-state index contributed by atoms with van der Waals surface area (Å²) in [6.45, 7) is 0. The molecule has 1 atom stereocenters. The molecule has 0 spiro atoms. The first-order valence-electron chi connectivity index (χ1n) is 12.2. The van der Waals surface area contributed by atoms with Gasteiger partial charge in [-0.3, -0.25) is 15.0 Å². The molecule has 0 saturated heterocycles. The molecule has 4 N–H and O–H groups in total. The van der Waals surface area contributed by atoms with Gasteiger partial charge in [0.2, 0.25) is 5.95 Å². The molecule has 0 unspecified atom stereocenters. The van der Waals surface area contributed by atoms with E-state index in [4.69, 9.17) is 11.6 Å². The van der Waals surface area contributed by atoms with Crippen molar-refractivity contribution >= 4 is 39.6 Å². The Morgan fingerprint density at radius 2 is 2.05 bits per heavy atom. The van der Waals surface area contributed by atoms with E-state index in [0.29, 0.717) is 33.9 Å². The highest BCUT2D eigenvalue weighted by atomic mass is 35.5. The van der Waals surface area contributed by atoms with Crippen LogP contribution in [-0.2, 0) is 0 Å². The predicted octanol–water partition coefficient (Wildman–Crippen LogP) is 5.05. The number of anilines is 3. The fraction of sp³-hybridized carbons (Fsp3) is 0.154. The number of rotatable bonds is 7. The molecule has 2 aliphatic rings. The maximum atomic E-state index is 13.9. The Morgan fingerprint density at radius 3 is 2.79 bits per heavy atom. The predicted molar refractivity (Wildman–Crippen MR) is 139 cm³/mol. The van der Waals surface area contributed by atoms with E-state index in [0.717, 1.165) is 25.1 Å². The summed E-state index contributed by atoms with van der Waals surface area (Å²) in [6, 6.07) is 8.69. The largest absolute Gasteiger partial charge is 0.373 e. The minimum atomic E-state index is -1.51. The van der Waals surface area contributed by atoms with E-state index in [2.05, 4.69) is 42.6 Å². The number of fused-ring (bicyclic) bond motifs is 1. The standard InChI is InChI=1S/C26H20ClF2N9/c27-20-7-16(34-24(14-2-1-5-31-10-14)22-13-38(37-36-22)18-3-4-18)6-19-23(15(9-30)11-32-25(19)20)35-17-8-21(28)26(29)33-12-17/h1-2,5-8,10-13,18,24,34,36-37H,3-4H2,(H,32,35)/t24-/m1/s1/i24D. The number of hydrogen-bond acceptors (Lipinski definition) is 9. The van der Waals surface area contributed by atoms with Gasteiger partial charge >= 0.3 is 0 Å². The SMILES string of the molecule is [2H][C@](Nc1cc(Cl)c2ncc(C#N)c(Nc3cnc(F)c(F)c3)c2c1)(C1=CN(C2CC2)NN1)c1cccnc1. The zero-order chi connectivity index (χ0) is 27.1. The van der Waals surface area contributed by atoms with Crippen LogP contribution in [0.1, 0.15) is 31.4 Å². The van der Waals surface area contributed by atoms with Gasteiger partial charge < -0.3 is 16.1 Å². The minimum absolute atomic E-state index is 0.129. The molecule has 1 fully saturated rings. The summed E-state index contributed by atoms with van der Waals surface area (Å²) < 4.78 is 36.8. The third-order valence-electron chi connectivity index (χ3n) is 6.13. The summed E-state index contributed by atoms with van der Waals surface area (Å²) >= 11 is 6.63. The maximum Gasteiger partial charge on any atom is 0.249 e. The van der Waals surface area contributed by atoms with Crippen molar-refractivity contribution in [2.45, 2.75) is 24.9 Å². The van der Waals surface area contributed by atoms with Crippen LogP contribution in [0.3, 0.4) is 0 Å². The molecular weight excluding hydrogens is 512 g/mol. The Morgan fingerprint density at radius 1 is 1.18 bits per heavy atom. The summed E-state index contributed by atoms with van der Waals surface area (Å²) in [5.41, 5.74) is 8.66. The number of pyridine rings is 3. The number of aromatic nitrogens is 3. The van der Waals surface area contributed by atoms with Crippen molar-refractivity contribution in [2.75, 3.05) is 10.6 Å². The van der Waals surface area contributed by atoms with E-state index in [1.807, 2.05) is 11.2 Å². The van der Waals surface area contributed by atoms with E-state index < -0.39 is 17.8 Å². The molecule has 3 aromatic heterocycles. The zero-order valence-corrected chi connectivity index (χ0v) is 20.4. The second kappa shape index (κ2) is 9.74. The second-order valence-corrected chi connectivity index (χ2v) is 9.20. The number of nitriles is 1. The van der Waals surface area contributed by atoms with Crippen LogP contribution in [0.5, 0.6) is 0 Å². The summed E-state index contributed by atoms with van der Waals surface area (Å²) in [4.78, 5) is 11.9. The Hall–Kier alpha value is -4.53. The molecule has 190 valence electrons. The minimum Gasteiger partial charge on any atom is -0.373 e. The smallest absolute Gasteiger partial charge is 0.249 e. The Kier molecular flexibility index (Phi) is 5.80. The zero-order valence-electron chi connectivity index (χ0n) is 20.6. The highest BCUT2D eigenvalue weighted by Crippen LogP contribution is 2.37. The molecule has 0 bridgehead atoms. The molecule has 4 aromatic rings. The number of nitrogens with one attached hydrogen (secondary N) is 4. The first-order valence-corrected chi connectivity index (χ1v) is 12.0. The van der Waals surface area contributed by atoms with Crippen molar-refractivity contribution in [3.05, 3.63) is 94.9 Å². The van der Waals surface area contributed by atoms with E-state index in [1.165, 1.54) is 6.20 Å². The van der Waals surface area contributed by atoms with Gasteiger partial charge in [-0.15, -0.1) is 5.53 Å². The highest BCUT2D eigenvalue weighted by molar-refractivity contribution is 6.36. The van der Waals surface area contributed by atoms with Crippen molar-refractivity contribution < 1.29 is 10.2 Å². The van der Waals surface area contributed by atoms with Crippen LogP contribution >= 0.6 is 11.6 Å².